The number of hydrogen-bond acceptors (Lipinski definition) is 2. The highest BCUT2D eigenvalue weighted by molar-refractivity contribution is 6.35. The fraction of sp³-hybridized carbons (Fsp3) is 0.412. The molecule has 0 amide bonds. The quantitative estimate of drug-likeness (QED) is 0.832. The zero-order valence-corrected chi connectivity index (χ0v) is 14.1. The first kappa shape index (κ1) is 18.2. The first-order valence-corrected chi connectivity index (χ1v) is 7.62. The monoisotopic (exact) mass is 327 g/mol. The van der Waals surface area contributed by atoms with Crippen molar-refractivity contribution in [2.24, 2.45) is 0 Å². The summed E-state index contributed by atoms with van der Waals surface area (Å²) in [6, 6.07) is 11.8. The van der Waals surface area contributed by atoms with E-state index in [1.54, 1.807) is 0 Å². The van der Waals surface area contributed by atoms with E-state index in [-0.39, 0.29) is 12.4 Å². The fourth-order valence-electron chi connectivity index (χ4n) is 2.58. The second-order valence-electron chi connectivity index (χ2n) is 5.01. The van der Waals surface area contributed by atoms with Crippen LogP contribution in [0.25, 0.3) is 10.8 Å². The number of rotatable bonds is 6. The van der Waals surface area contributed by atoms with Gasteiger partial charge in [0.1, 0.15) is 0 Å². The van der Waals surface area contributed by atoms with E-state index in [1.807, 2.05) is 36.4 Å². The Morgan fingerprint density at radius 2 is 1.67 bits per heavy atom. The molecule has 0 aliphatic carbocycles. The summed E-state index contributed by atoms with van der Waals surface area (Å²) in [6.07, 6.45) is 0.297. The Hall–Kier alpha value is -0.800. The Kier molecular flexibility index (Phi) is 7.47. The summed E-state index contributed by atoms with van der Waals surface area (Å²) in [5.41, 5.74) is 0.970. The zero-order valence-electron chi connectivity index (χ0n) is 12.6. The molecule has 2 aromatic rings. The second-order valence-corrected chi connectivity index (χ2v) is 5.42. The van der Waals surface area contributed by atoms with Crippen LogP contribution in [0.15, 0.2) is 36.4 Å². The molecule has 0 radical (unpaired) electrons. The Bertz CT molecular complexity index is 570. The number of hydrogen-bond donors (Lipinski definition) is 1. The minimum absolute atomic E-state index is 0. The molecular weight excluding hydrogens is 305 g/mol. The molecular formula is C17H23Cl2NO. The van der Waals surface area contributed by atoms with Gasteiger partial charge < -0.3 is 10.0 Å². The maximum atomic E-state index is 10.5. The van der Waals surface area contributed by atoms with E-state index in [1.165, 1.54) is 0 Å². The van der Waals surface area contributed by atoms with E-state index >= 15 is 0 Å². The van der Waals surface area contributed by atoms with Crippen LogP contribution in [0.3, 0.4) is 0 Å². The smallest absolute Gasteiger partial charge is 0.0808 e. The molecule has 2 aromatic carbocycles. The molecule has 4 heteroatoms. The summed E-state index contributed by atoms with van der Waals surface area (Å²) in [5.74, 6) is 0. The SMILES string of the molecule is CCN(CC)CCC(O)c1ccc(Cl)c2ccccc12.Cl. The minimum atomic E-state index is -0.447. The lowest BCUT2D eigenvalue weighted by atomic mass is 9.98. The molecule has 21 heavy (non-hydrogen) atoms. The standard InChI is InChI=1S/C17H22ClNO.ClH/c1-3-19(4-2)12-11-17(20)15-9-10-16(18)14-8-6-5-7-13(14)15;/h5-10,17,20H,3-4,11-12H2,1-2H3;1H. The van der Waals surface area contributed by atoms with E-state index in [2.05, 4.69) is 18.7 Å². The molecule has 1 atom stereocenters. The molecule has 2 rings (SSSR count). The lowest BCUT2D eigenvalue weighted by Crippen LogP contribution is -2.25. The Morgan fingerprint density at radius 3 is 2.29 bits per heavy atom. The van der Waals surface area contributed by atoms with Crippen LogP contribution in [0.1, 0.15) is 31.9 Å². The van der Waals surface area contributed by atoms with Crippen LogP contribution in [0.5, 0.6) is 0 Å². The highest BCUT2D eigenvalue weighted by Gasteiger charge is 2.13. The summed E-state index contributed by atoms with van der Waals surface area (Å²) in [5, 5.41) is 13.3. The van der Waals surface area contributed by atoms with Gasteiger partial charge in [0.2, 0.25) is 0 Å². The third-order valence-electron chi connectivity index (χ3n) is 3.88. The van der Waals surface area contributed by atoms with Crippen LogP contribution < -0.4 is 0 Å². The molecule has 0 bridgehead atoms. The minimum Gasteiger partial charge on any atom is -0.388 e. The lowest BCUT2D eigenvalue weighted by molar-refractivity contribution is 0.146. The van der Waals surface area contributed by atoms with Crippen LogP contribution in [-0.4, -0.2) is 29.6 Å². The van der Waals surface area contributed by atoms with Crippen LogP contribution in [0.2, 0.25) is 5.02 Å². The summed E-state index contributed by atoms with van der Waals surface area (Å²) in [6.45, 7) is 7.24. The van der Waals surface area contributed by atoms with E-state index in [9.17, 15) is 5.11 Å². The van der Waals surface area contributed by atoms with Crippen molar-refractivity contribution in [1.82, 2.24) is 4.90 Å². The Balaban J connectivity index is 0.00000220. The van der Waals surface area contributed by atoms with E-state index in [4.69, 9.17) is 11.6 Å². The number of aliphatic hydroxyl groups is 1. The van der Waals surface area contributed by atoms with Crippen LogP contribution in [0, 0.1) is 0 Å². The summed E-state index contributed by atoms with van der Waals surface area (Å²) < 4.78 is 0. The number of halogens is 2. The third-order valence-corrected chi connectivity index (χ3v) is 4.21. The average molecular weight is 328 g/mol. The van der Waals surface area contributed by atoms with Gasteiger partial charge in [-0.25, -0.2) is 0 Å². The molecule has 0 heterocycles. The predicted molar refractivity (Wildman–Crippen MR) is 93.6 cm³/mol. The van der Waals surface area contributed by atoms with Gasteiger partial charge in [-0.05, 0) is 36.5 Å². The second kappa shape index (κ2) is 8.60. The average Bonchev–Trinajstić information content (AvgIpc) is 2.48. The van der Waals surface area contributed by atoms with Gasteiger partial charge in [-0.15, -0.1) is 12.4 Å². The van der Waals surface area contributed by atoms with Crippen molar-refractivity contribution in [3.8, 4) is 0 Å². The summed E-state index contributed by atoms with van der Waals surface area (Å²) in [4.78, 5) is 2.32. The molecule has 0 saturated carbocycles. The molecule has 0 saturated heterocycles. The molecule has 0 aliphatic rings. The van der Waals surface area contributed by atoms with E-state index < -0.39 is 6.10 Å². The predicted octanol–water partition coefficient (Wildman–Crippen LogP) is 4.68. The van der Waals surface area contributed by atoms with Gasteiger partial charge in [-0.1, -0.05) is 55.8 Å². The van der Waals surface area contributed by atoms with Crippen molar-refractivity contribution in [3.05, 3.63) is 47.0 Å². The number of nitrogens with zero attached hydrogens (tertiary/aromatic N) is 1. The molecule has 1 unspecified atom stereocenters. The maximum absolute atomic E-state index is 10.5. The lowest BCUT2D eigenvalue weighted by Gasteiger charge is -2.21. The third kappa shape index (κ3) is 4.33. The van der Waals surface area contributed by atoms with Gasteiger partial charge in [0.15, 0.2) is 0 Å². The molecule has 0 fully saturated rings. The fourth-order valence-corrected chi connectivity index (χ4v) is 2.80. The largest absolute Gasteiger partial charge is 0.388 e. The first-order chi connectivity index (χ1) is 9.67. The highest BCUT2D eigenvalue weighted by Crippen LogP contribution is 2.31. The normalized spacial score (nSPS) is 12.4. The van der Waals surface area contributed by atoms with E-state index in [0.717, 1.165) is 47.4 Å². The summed E-state index contributed by atoms with van der Waals surface area (Å²) >= 11 is 6.22. The zero-order chi connectivity index (χ0) is 14.5. The van der Waals surface area contributed by atoms with Gasteiger partial charge in [-0.2, -0.15) is 0 Å². The van der Waals surface area contributed by atoms with Gasteiger partial charge >= 0.3 is 0 Å². The first-order valence-electron chi connectivity index (χ1n) is 7.25. The van der Waals surface area contributed by atoms with Crippen LogP contribution in [0.4, 0.5) is 0 Å². The summed E-state index contributed by atoms with van der Waals surface area (Å²) in [7, 11) is 0. The number of aliphatic hydroxyl groups excluding tert-OH is 1. The number of benzene rings is 2. The number of fused-ring (bicyclic) bond motifs is 1. The molecule has 0 aliphatic heterocycles. The topological polar surface area (TPSA) is 23.5 Å². The molecule has 116 valence electrons. The Morgan fingerprint density at radius 1 is 1.05 bits per heavy atom. The molecule has 2 nitrogen and oxygen atoms in total. The van der Waals surface area contributed by atoms with Crippen LogP contribution in [-0.2, 0) is 0 Å². The van der Waals surface area contributed by atoms with Crippen molar-refractivity contribution in [2.75, 3.05) is 19.6 Å². The molecule has 0 spiro atoms. The van der Waals surface area contributed by atoms with Crippen molar-refractivity contribution < 1.29 is 5.11 Å². The maximum Gasteiger partial charge on any atom is 0.0808 e. The molecule has 1 N–H and O–H groups in total. The van der Waals surface area contributed by atoms with Crippen LogP contribution >= 0.6 is 24.0 Å². The van der Waals surface area contributed by atoms with Gasteiger partial charge in [0.05, 0.1) is 6.10 Å². The van der Waals surface area contributed by atoms with Gasteiger partial charge in [0.25, 0.3) is 0 Å². The van der Waals surface area contributed by atoms with Crippen molar-refractivity contribution in [2.45, 2.75) is 26.4 Å². The van der Waals surface area contributed by atoms with Gasteiger partial charge in [-0.3, -0.25) is 0 Å². The highest BCUT2D eigenvalue weighted by atomic mass is 35.5. The molecule has 0 aromatic heterocycles. The van der Waals surface area contributed by atoms with Crippen molar-refractivity contribution in [3.63, 3.8) is 0 Å². The van der Waals surface area contributed by atoms with Crippen molar-refractivity contribution in [1.29, 1.82) is 0 Å². The van der Waals surface area contributed by atoms with Crippen molar-refractivity contribution >= 4 is 34.8 Å². The van der Waals surface area contributed by atoms with Gasteiger partial charge in [0, 0.05) is 17.0 Å². The Labute approximate surface area is 138 Å². The van der Waals surface area contributed by atoms with E-state index in [0.29, 0.717) is 0 Å².